The molecule has 25 heavy (non-hydrogen) atoms. The van der Waals surface area contributed by atoms with Gasteiger partial charge in [0.25, 0.3) is 0 Å². The fourth-order valence-corrected chi connectivity index (χ4v) is 3.34. The van der Waals surface area contributed by atoms with Crippen LogP contribution in [-0.2, 0) is 14.2 Å². The lowest BCUT2D eigenvalue weighted by Crippen LogP contribution is -2.15. The van der Waals surface area contributed by atoms with Crippen LogP contribution in [0.25, 0.3) is 16.0 Å². The van der Waals surface area contributed by atoms with E-state index < -0.39 is 12.3 Å². The SMILES string of the molecule is CCOC(OCC)c1cnnn1-c1c(C(=O)OC)sc2nccnc12. The molecule has 0 atom stereocenters. The van der Waals surface area contributed by atoms with Crippen LogP contribution in [0.5, 0.6) is 0 Å². The molecule has 9 nitrogen and oxygen atoms in total. The second kappa shape index (κ2) is 7.64. The van der Waals surface area contributed by atoms with Crippen molar-refractivity contribution in [2.75, 3.05) is 20.3 Å². The Morgan fingerprint density at radius 1 is 1.24 bits per heavy atom. The third-order valence-electron chi connectivity index (χ3n) is 3.34. The van der Waals surface area contributed by atoms with Crippen molar-refractivity contribution < 1.29 is 19.0 Å². The highest BCUT2D eigenvalue weighted by Gasteiger charge is 2.27. The lowest BCUT2D eigenvalue weighted by Gasteiger charge is -2.17. The normalized spacial score (nSPS) is 11.4. The summed E-state index contributed by atoms with van der Waals surface area (Å²) in [4.78, 5) is 21.8. The molecule has 0 radical (unpaired) electrons. The van der Waals surface area contributed by atoms with Crippen molar-refractivity contribution in [1.82, 2.24) is 25.0 Å². The van der Waals surface area contributed by atoms with Gasteiger partial charge < -0.3 is 14.2 Å². The average Bonchev–Trinajstić information content (AvgIpc) is 3.24. The number of carbonyl (C=O) groups is 1. The molecule has 0 spiro atoms. The Balaban J connectivity index is 2.20. The first-order valence-corrected chi connectivity index (χ1v) is 8.48. The van der Waals surface area contributed by atoms with Crippen molar-refractivity contribution in [3.63, 3.8) is 0 Å². The molecule has 0 aliphatic carbocycles. The highest BCUT2D eigenvalue weighted by Crippen LogP contribution is 2.33. The molecule has 0 unspecified atom stereocenters. The number of aromatic nitrogens is 5. The van der Waals surface area contributed by atoms with Gasteiger partial charge in [-0.2, -0.15) is 0 Å². The predicted octanol–water partition coefficient (Wildman–Crippen LogP) is 2.13. The number of hydrogen-bond donors (Lipinski definition) is 0. The predicted molar refractivity (Wildman–Crippen MR) is 89.7 cm³/mol. The van der Waals surface area contributed by atoms with Crippen LogP contribution in [0.3, 0.4) is 0 Å². The smallest absolute Gasteiger partial charge is 0.350 e. The third kappa shape index (κ3) is 3.23. The Labute approximate surface area is 147 Å². The summed E-state index contributed by atoms with van der Waals surface area (Å²) in [6.07, 6.45) is 3.99. The fraction of sp³-hybridized carbons (Fsp3) is 0.400. The molecule has 3 rings (SSSR count). The van der Waals surface area contributed by atoms with E-state index in [-0.39, 0.29) is 0 Å². The van der Waals surface area contributed by atoms with Gasteiger partial charge in [-0.05, 0) is 13.8 Å². The van der Waals surface area contributed by atoms with Crippen LogP contribution in [0.2, 0.25) is 0 Å². The Bertz CT molecular complexity index is 872. The van der Waals surface area contributed by atoms with Crippen molar-refractivity contribution in [2.24, 2.45) is 0 Å². The summed E-state index contributed by atoms with van der Waals surface area (Å²) in [6, 6.07) is 0. The highest BCUT2D eigenvalue weighted by atomic mass is 32.1. The van der Waals surface area contributed by atoms with E-state index in [0.717, 1.165) is 0 Å². The van der Waals surface area contributed by atoms with Crippen LogP contribution in [-0.4, -0.2) is 51.3 Å². The van der Waals surface area contributed by atoms with E-state index in [2.05, 4.69) is 20.3 Å². The molecular formula is C15H17N5O4S. The molecule has 0 bridgehead atoms. The number of ether oxygens (including phenoxy) is 3. The van der Waals surface area contributed by atoms with E-state index in [4.69, 9.17) is 14.2 Å². The number of rotatable bonds is 7. The van der Waals surface area contributed by atoms with Gasteiger partial charge in [0, 0.05) is 25.6 Å². The van der Waals surface area contributed by atoms with Crippen molar-refractivity contribution in [3.05, 3.63) is 29.2 Å². The molecule has 132 valence electrons. The highest BCUT2D eigenvalue weighted by molar-refractivity contribution is 7.20. The topological polar surface area (TPSA) is 101 Å². The van der Waals surface area contributed by atoms with Gasteiger partial charge >= 0.3 is 5.97 Å². The molecule has 0 aliphatic rings. The number of methoxy groups -OCH3 is 1. The number of esters is 1. The van der Waals surface area contributed by atoms with Gasteiger partial charge in [0.05, 0.1) is 13.3 Å². The van der Waals surface area contributed by atoms with Gasteiger partial charge in [-0.1, -0.05) is 5.21 Å². The van der Waals surface area contributed by atoms with Crippen LogP contribution < -0.4 is 0 Å². The minimum absolute atomic E-state index is 0.335. The summed E-state index contributed by atoms with van der Waals surface area (Å²) in [5.74, 6) is -0.495. The number of thiophene rings is 1. The van der Waals surface area contributed by atoms with Crippen LogP contribution >= 0.6 is 11.3 Å². The maximum atomic E-state index is 12.2. The zero-order valence-corrected chi connectivity index (χ0v) is 14.8. The second-order valence-electron chi connectivity index (χ2n) is 4.79. The van der Waals surface area contributed by atoms with Gasteiger partial charge in [-0.25, -0.2) is 19.4 Å². The van der Waals surface area contributed by atoms with Gasteiger partial charge in [0.1, 0.15) is 26.6 Å². The van der Waals surface area contributed by atoms with E-state index in [1.807, 2.05) is 13.8 Å². The van der Waals surface area contributed by atoms with Gasteiger partial charge in [-0.15, -0.1) is 16.4 Å². The molecular weight excluding hydrogens is 346 g/mol. The molecule has 0 amide bonds. The molecule has 10 heteroatoms. The summed E-state index contributed by atoms with van der Waals surface area (Å²) in [5.41, 5.74) is 1.54. The van der Waals surface area contributed by atoms with Crippen LogP contribution in [0.4, 0.5) is 0 Å². The van der Waals surface area contributed by atoms with E-state index in [0.29, 0.717) is 39.8 Å². The van der Waals surface area contributed by atoms with Crippen LogP contribution in [0.15, 0.2) is 18.6 Å². The van der Waals surface area contributed by atoms with E-state index in [9.17, 15) is 4.79 Å². The Kier molecular flexibility index (Phi) is 5.31. The van der Waals surface area contributed by atoms with Crippen LogP contribution in [0.1, 0.15) is 35.5 Å². The summed E-state index contributed by atoms with van der Waals surface area (Å²) in [7, 11) is 1.32. The second-order valence-corrected chi connectivity index (χ2v) is 5.79. The Morgan fingerprint density at radius 3 is 2.64 bits per heavy atom. The largest absolute Gasteiger partial charge is 0.465 e. The molecule has 0 fully saturated rings. The number of hydrogen-bond acceptors (Lipinski definition) is 9. The molecule has 0 aromatic carbocycles. The molecule has 0 saturated carbocycles. The number of carbonyl (C=O) groups excluding carboxylic acids is 1. The average molecular weight is 363 g/mol. The zero-order valence-electron chi connectivity index (χ0n) is 14.0. The minimum atomic E-state index is -0.665. The summed E-state index contributed by atoms with van der Waals surface area (Å²) >= 11 is 1.18. The molecule has 3 heterocycles. The van der Waals surface area contributed by atoms with E-state index in [1.165, 1.54) is 29.3 Å². The Morgan fingerprint density at radius 2 is 1.96 bits per heavy atom. The minimum Gasteiger partial charge on any atom is -0.465 e. The van der Waals surface area contributed by atoms with E-state index in [1.54, 1.807) is 12.4 Å². The van der Waals surface area contributed by atoms with Gasteiger partial charge in [0.15, 0.2) is 0 Å². The first-order chi connectivity index (χ1) is 12.2. The first kappa shape index (κ1) is 17.4. The lowest BCUT2D eigenvalue weighted by molar-refractivity contribution is -0.143. The monoisotopic (exact) mass is 363 g/mol. The van der Waals surface area contributed by atoms with Crippen LogP contribution in [0, 0.1) is 0 Å². The Hall–Kier alpha value is -2.43. The fourth-order valence-electron chi connectivity index (χ4n) is 2.34. The molecule has 3 aromatic rings. The van der Waals surface area contributed by atoms with Gasteiger partial charge in [0.2, 0.25) is 6.29 Å². The molecule has 0 N–H and O–H groups in total. The summed E-state index contributed by atoms with van der Waals surface area (Å²) in [6.45, 7) is 4.63. The lowest BCUT2D eigenvalue weighted by atomic mass is 10.3. The standard InChI is InChI=1S/C15H17N5O4S/c1-4-23-15(24-5-2)9-8-18-19-20(9)11-10-13(17-7-6-16-10)25-12(11)14(21)22-3/h6-8,15H,4-5H2,1-3H3. The summed E-state index contributed by atoms with van der Waals surface area (Å²) < 4.78 is 17.7. The number of nitrogens with zero attached hydrogens (tertiary/aromatic N) is 5. The van der Waals surface area contributed by atoms with Gasteiger partial charge in [-0.3, -0.25) is 0 Å². The summed E-state index contributed by atoms with van der Waals surface area (Å²) in [5, 5.41) is 8.06. The zero-order chi connectivity index (χ0) is 17.8. The quantitative estimate of drug-likeness (QED) is 0.465. The van der Waals surface area contributed by atoms with Crippen molar-refractivity contribution >= 4 is 27.7 Å². The third-order valence-corrected chi connectivity index (χ3v) is 4.39. The van der Waals surface area contributed by atoms with Crippen molar-refractivity contribution in [1.29, 1.82) is 0 Å². The molecule has 0 saturated heterocycles. The maximum absolute atomic E-state index is 12.2. The van der Waals surface area contributed by atoms with Crippen molar-refractivity contribution in [2.45, 2.75) is 20.1 Å². The van der Waals surface area contributed by atoms with Crippen molar-refractivity contribution in [3.8, 4) is 5.69 Å². The van der Waals surface area contributed by atoms with E-state index >= 15 is 0 Å². The molecule has 3 aromatic heterocycles. The number of fused-ring (bicyclic) bond motifs is 1. The maximum Gasteiger partial charge on any atom is 0.350 e. The molecule has 0 aliphatic heterocycles. The first-order valence-electron chi connectivity index (χ1n) is 7.67.